The van der Waals surface area contributed by atoms with Gasteiger partial charge in [0.15, 0.2) is 23.3 Å². The molecule has 0 aromatic carbocycles. The smallest absolute Gasteiger partial charge is 0.386 e. The second-order valence-corrected chi connectivity index (χ2v) is 17.2. The van der Waals surface area contributed by atoms with Crippen molar-refractivity contribution < 1.29 is 42.2 Å². The van der Waals surface area contributed by atoms with Gasteiger partial charge < -0.3 is 35.5 Å². The Bertz CT molecular complexity index is 1930. The molecule has 8 rings (SSSR count). The second-order valence-electron chi connectivity index (χ2n) is 11.5. The van der Waals surface area contributed by atoms with E-state index >= 15 is 0 Å². The van der Waals surface area contributed by atoms with E-state index < -0.39 is 68.4 Å². The van der Waals surface area contributed by atoms with Crippen LogP contribution in [0.15, 0.2) is 31.2 Å². The first-order valence-corrected chi connectivity index (χ1v) is 19.1. The van der Waals surface area contributed by atoms with Crippen LogP contribution < -0.4 is 11.5 Å². The van der Waals surface area contributed by atoms with Crippen LogP contribution >= 0.6 is 38.1 Å². The lowest BCUT2D eigenvalue weighted by Crippen LogP contribution is -2.37. The third-order valence-corrected chi connectivity index (χ3v) is 12.2. The summed E-state index contributed by atoms with van der Waals surface area (Å²) in [6.45, 7) is -9.19. The normalized spacial score (nSPS) is 41.7. The number of aliphatic hydroxyl groups excluding tert-OH is 2. The third-order valence-electron chi connectivity index (χ3n) is 9.00. The van der Waals surface area contributed by atoms with Gasteiger partial charge in [0.25, 0.3) is 0 Å². The number of anilines is 2. The largest absolute Gasteiger partial charge is 0.397 e. The van der Waals surface area contributed by atoms with Crippen molar-refractivity contribution in [2.45, 2.75) is 49.2 Å². The van der Waals surface area contributed by atoms with E-state index in [4.69, 9.17) is 34.3 Å². The molecule has 2 aliphatic carbocycles. The van der Waals surface area contributed by atoms with Crippen LogP contribution in [0.4, 0.5) is 11.5 Å². The number of hydrogen-bond donors (Lipinski definition) is 6. The molecule has 22 heteroatoms. The van der Waals surface area contributed by atoms with E-state index in [0.717, 1.165) is 0 Å². The van der Waals surface area contributed by atoms with Gasteiger partial charge in [-0.3, -0.25) is 18.1 Å². The number of nitrogen functional groups attached to an aromatic ring is 2. The summed E-state index contributed by atoms with van der Waals surface area (Å²) in [4.78, 5) is 21.1. The number of fused-ring (bicyclic) bond motifs is 4. The molecule has 240 valence electrons. The topological polar surface area (TPSA) is 247 Å². The highest BCUT2D eigenvalue weighted by Crippen LogP contribution is 2.73. The van der Waals surface area contributed by atoms with Crippen LogP contribution in [-0.2, 0) is 32.0 Å². The number of ether oxygens (including phenoxy) is 1. The van der Waals surface area contributed by atoms with Gasteiger partial charge in [0.2, 0.25) is 0 Å². The van der Waals surface area contributed by atoms with Crippen molar-refractivity contribution in [3.8, 4) is 0 Å². The molecule has 1 spiro atoms. The monoisotopic (exact) mass is 699 g/mol. The minimum Gasteiger partial charge on any atom is -0.397 e. The number of imidazole rings is 2. The van der Waals surface area contributed by atoms with E-state index in [-0.39, 0.29) is 18.3 Å². The highest BCUT2D eigenvalue weighted by molar-refractivity contribution is 8.44. The Kier molecular flexibility index (Phi) is 6.89. The van der Waals surface area contributed by atoms with Crippen molar-refractivity contribution in [3.05, 3.63) is 31.2 Å². The fourth-order valence-electron chi connectivity index (χ4n) is 6.82. The molecule has 6 N–H and O–H groups in total. The number of nitrogens with zero attached hydrogens (tertiary/aromatic N) is 7. The third kappa shape index (κ3) is 4.73. The molecule has 4 fully saturated rings. The van der Waals surface area contributed by atoms with Crippen molar-refractivity contribution >= 4 is 71.9 Å². The maximum absolute atomic E-state index is 13.7. The fraction of sp³-hybridized carbons (Fsp3) is 0.522. The van der Waals surface area contributed by atoms with Crippen molar-refractivity contribution in [2.24, 2.45) is 11.3 Å². The predicted molar refractivity (Wildman–Crippen MR) is 162 cm³/mol. The van der Waals surface area contributed by atoms with Gasteiger partial charge in [0, 0.05) is 11.6 Å². The average molecular weight is 700 g/mol. The summed E-state index contributed by atoms with van der Waals surface area (Å²) in [7, 11) is 0. The van der Waals surface area contributed by atoms with E-state index in [1.54, 1.807) is 10.6 Å². The maximum atomic E-state index is 13.7. The number of nitrogens with two attached hydrogens (primary N) is 2. The summed E-state index contributed by atoms with van der Waals surface area (Å²) in [6.07, 6.45) is -1.46. The first-order chi connectivity index (χ1) is 21.4. The molecule has 4 aromatic heterocycles. The molecular weight excluding hydrogens is 672 g/mol. The lowest BCUT2D eigenvalue weighted by atomic mass is 10.0. The number of pyridine rings is 1. The van der Waals surface area contributed by atoms with Crippen molar-refractivity contribution in [2.75, 3.05) is 24.7 Å². The van der Waals surface area contributed by atoms with Crippen LogP contribution in [-0.4, -0.2) is 88.0 Å². The van der Waals surface area contributed by atoms with E-state index in [1.807, 2.05) is 0 Å². The number of thiol groups is 2. The number of aromatic nitrogens is 7. The van der Waals surface area contributed by atoms with Gasteiger partial charge >= 0.3 is 13.6 Å². The summed E-state index contributed by atoms with van der Waals surface area (Å²) in [5, 5.41) is 22.8. The van der Waals surface area contributed by atoms with Crippen LogP contribution in [0.2, 0.25) is 0 Å². The van der Waals surface area contributed by atoms with Gasteiger partial charge in [-0.1, -0.05) is 24.5 Å². The molecule has 0 radical (unpaired) electrons. The Balaban J connectivity index is 1.14. The molecule has 4 aliphatic rings. The summed E-state index contributed by atoms with van der Waals surface area (Å²) in [5.41, 5.74) is 12.8. The minimum absolute atomic E-state index is 0.167. The SMILES string of the molecule is Nc1ncnc2c1ncn2[C@H]1[C@H](O)[C@@H]2O[P@](=O)(S)OC[C@H]3O[C@@H](n4cnc5c(N)ccnc54)[C@H](O[P@@](=O)(S)OCC24C[C@H]14)[C@@H]3O. The number of aliphatic hydroxyl groups is 2. The van der Waals surface area contributed by atoms with E-state index in [9.17, 15) is 19.3 Å². The van der Waals surface area contributed by atoms with E-state index in [1.165, 1.54) is 29.7 Å². The number of hydrogen-bond acceptors (Lipinski definition) is 16. The lowest BCUT2D eigenvalue weighted by Gasteiger charge is -2.31. The van der Waals surface area contributed by atoms with E-state index in [0.29, 0.717) is 34.4 Å². The Morgan fingerprint density at radius 1 is 0.933 bits per heavy atom. The maximum Gasteiger partial charge on any atom is 0.386 e. The average Bonchev–Trinajstić information content (AvgIpc) is 3.28. The second kappa shape index (κ2) is 10.3. The zero-order valence-corrected chi connectivity index (χ0v) is 26.5. The van der Waals surface area contributed by atoms with Crippen LogP contribution in [0.3, 0.4) is 0 Å². The molecule has 6 heterocycles. The quantitative estimate of drug-likeness (QED) is 0.128. The van der Waals surface area contributed by atoms with Gasteiger partial charge in [-0.25, -0.2) is 34.0 Å². The van der Waals surface area contributed by atoms with Crippen molar-refractivity contribution in [3.63, 3.8) is 0 Å². The molecule has 11 atom stereocenters. The van der Waals surface area contributed by atoms with Crippen LogP contribution in [0.5, 0.6) is 0 Å². The van der Waals surface area contributed by atoms with Crippen LogP contribution in [0, 0.1) is 11.3 Å². The predicted octanol–water partition coefficient (Wildman–Crippen LogP) is 1.51. The fourth-order valence-corrected chi connectivity index (χ4v) is 9.84. The van der Waals surface area contributed by atoms with Gasteiger partial charge in [-0.2, -0.15) is 0 Å². The van der Waals surface area contributed by atoms with Crippen molar-refractivity contribution in [1.29, 1.82) is 0 Å². The summed E-state index contributed by atoms with van der Waals surface area (Å²) in [6, 6.07) is 0.910. The Morgan fingerprint density at radius 3 is 2.49 bits per heavy atom. The molecule has 2 saturated heterocycles. The molecular formula is C23H27N9O9P2S2. The van der Waals surface area contributed by atoms with Crippen LogP contribution in [0.25, 0.3) is 22.3 Å². The minimum atomic E-state index is -4.23. The molecule has 18 nitrogen and oxygen atoms in total. The van der Waals surface area contributed by atoms with E-state index in [2.05, 4.69) is 49.4 Å². The molecule has 1 unspecified atom stereocenters. The van der Waals surface area contributed by atoms with Gasteiger partial charge in [-0.15, -0.1) is 0 Å². The molecule has 45 heavy (non-hydrogen) atoms. The lowest BCUT2D eigenvalue weighted by molar-refractivity contribution is -0.0554. The zero-order chi connectivity index (χ0) is 31.5. The van der Waals surface area contributed by atoms with Gasteiger partial charge in [0.1, 0.15) is 47.9 Å². The molecule has 4 aromatic rings. The molecule has 2 aliphatic heterocycles. The zero-order valence-electron chi connectivity index (χ0n) is 23.0. The highest BCUT2D eigenvalue weighted by Gasteiger charge is 2.74. The molecule has 0 amide bonds. The van der Waals surface area contributed by atoms with Crippen LogP contribution in [0.1, 0.15) is 18.7 Å². The Labute approximate surface area is 264 Å². The number of rotatable bonds is 2. The summed E-state index contributed by atoms with van der Waals surface area (Å²) in [5.74, 6) is -0.162. The molecule has 2 bridgehead atoms. The summed E-state index contributed by atoms with van der Waals surface area (Å²) < 4.78 is 59.7. The summed E-state index contributed by atoms with van der Waals surface area (Å²) >= 11 is 8.41. The first-order valence-electron chi connectivity index (χ1n) is 13.7. The standard InChI is InChI=1S/C23H27N9O9P2S2/c24-10-1-2-26-20-12(10)29-8-32(20)22-17-15(33)11(39-22)4-37-42(35,44)41-18-16(34)14(9-3-23(9,18)5-38-43(36,45)40-17)31-7-30-13-19(25)27-6-28-21(13)31/h1-2,6-9,11,14-18,22,33-34H,3-5H2,(H2,24,26)(H,35,44)(H,36,45)(H2,25,27,28)/t9-,11-,14-,15-,16+,17-,18+,22-,23?,42-,43+/m1/s1. The van der Waals surface area contributed by atoms with Crippen molar-refractivity contribution in [1.82, 2.24) is 34.1 Å². The Hall–Kier alpha value is -2.35. The first kappa shape index (κ1) is 30.0. The Morgan fingerprint density at radius 2 is 1.67 bits per heavy atom. The molecule has 2 saturated carbocycles. The highest BCUT2D eigenvalue weighted by atomic mass is 32.7. The van der Waals surface area contributed by atoms with Gasteiger partial charge in [-0.05, 0) is 18.4 Å². The van der Waals surface area contributed by atoms with Gasteiger partial charge in [0.05, 0.1) is 37.6 Å².